The second-order valence-corrected chi connectivity index (χ2v) is 8.04. The van der Waals surface area contributed by atoms with Crippen LogP contribution >= 0.6 is 11.5 Å². The molecule has 0 aliphatic carbocycles. The smallest absolute Gasteiger partial charge is 0.265 e. The number of nitrogens with zero attached hydrogens (tertiary/aromatic N) is 2. The molecular weight excluding hydrogens is 316 g/mol. The SMILES string of the molecule is CC1CN(C(=O)c2cc(-c3ccccc3)ns2)CCS(=O)C1. The van der Waals surface area contributed by atoms with E-state index in [9.17, 15) is 9.00 Å². The van der Waals surface area contributed by atoms with Crippen LogP contribution in [0.15, 0.2) is 36.4 Å². The first kappa shape index (κ1) is 15.4. The number of carbonyl (C=O) groups excluding carboxylic acids is 1. The molecule has 3 rings (SSSR count). The highest BCUT2D eigenvalue weighted by atomic mass is 32.2. The van der Waals surface area contributed by atoms with E-state index in [0.29, 0.717) is 29.5 Å². The maximum absolute atomic E-state index is 12.6. The Labute approximate surface area is 136 Å². The standard InChI is InChI=1S/C16H18N2O2S2/c1-12-10-18(7-8-22(20)11-12)16(19)15-9-14(17-21-15)13-5-3-2-4-6-13/h2-6,9,12H,7-8,10-11H2,1H3. The minimum absolute atomic E-state index is 0.00503. The van der Waals surface area contributed by atoms with Crippen LogP contribution < -0.4 is 0 Å². The summed E-state index contributed by atoms with van der Waals surface area (Å²) >= 11 is 1.24. The first-order chi connectivity index (χ1) is 10.6. The van der Waals surface area contributed by atoms with Crippen molar-refractivity contribution in [2.75, 3.05) is 24.6 Å². The largest absolute Gasteiger partial charge is 0.337 e. The predicted octanol–water partition coefficient (Wildman–Crippen LogP) is 2.65. The van der Waals surface area contributed by atoms with Crippen molar-refractivity contribution in [3.05, 3.63) is 41.3 Å². The van der Waals surface area contributed by atoms with Crippen molar-refractivity contribution in [2.45, 2.75) is 6.92 Å². The minimum atomic E-state index is -0.812. The van der Waals surface area contributed by atoms with E-state index in [4.69, 9.17) is 0 Å². The summed E-state index contributed by atoms with van der Waals surface area (Å²) in [6.07, 6.45) is 0. The van der Waals surface area contributed by atoms with Gasteiger partial charge in [0.1, 0.15) is 4.88 Å². The van der Waals surface area contributed by atoms with E-state index in [1.165, 1.54) is 11.5 Å². The van der Waals surface area contributed by atoms with Crippen LogP contribution in [0, 0.1) is 5.92 Å². The van der Waals surface area contributed by atoms with Crippen LogP contribution in [-0.2, 0) is 10.8 Å². The van der Waals surface area contributed by atoms with E-state index in [1.54, 1.807) is 0 Å². The Morgan fingerprint density at radius 2 is 2.14 bits per heavy atom. The van der Waals surface area contributed by atoms with Gasteiger partial charge in [-0.3, -0.25) is 9.00 Å². The topological polar surface area (TPSA) is 50.3 Å². The number of carbonyl (C=O) groups is 1. The van der Waals surface area contributed by atoms with Crippen molar-refractivity contribution in [3.63, 3.8) is 0 Å². The van der Waals surface area contributed by atoms with Gasteiger partial charge in [-0.25, -0.2) is 0 Å². The summed E-state index contributed by atoms with van der Waals surface area (Å²) in [7, 11) is -0.812. The first-order valence-corrected chi connectivity index (χ1v) is 9.56. The molecule has 1 aliphatic rings. The number of rotatable bonds is 2. The molecule has 4 nitrogen and oxygen atoms in total. The zero-order chi connectivity index (χ0) is 15.5. The molecule has 0 N–H and O–H groups in total. The van der Waals surface area contributed by atoms with Gasteiger partial charge in [-0.1, -0.05) is 37.3 Å². The Balaban J connectivity index is 1.78. The fraction of sp³-hybridized carbons (Fsp3) is 0.375. The van der Waals surface area contributed by atoms with Crippen LogP contribution in [0.2, 0.25) is 0 Å². The van der Waals surface area contributed by atoms with Crippen molar-refractivity contribution in [1.29, 1.82) is 0 Å². The molecule has 1 fully saturated rings. The Morgan fingerprint density at radius 1 is 1.36 bits per heavy atom. The number of hydrogen-bond acceptors (Lipinski definition) is 4. The van der Waals surface area contributed by atoms with Gasteiger partial charge < -0.3 is 4.90 Å². The monoisotopic (exact) mass is 334 g/mol. The van der Waals surface area contributed by atoms with Crippen molar-refractivity contribution < 1.29 is 9.00 Å². The lowest BCUT2D eigenvalue weighted by atomic mass is 10.1. The molecular formula is C16H18N2O2S2. The van der Waals surface area contributed by atoms with Crippen LogP contribution in [0.3, 0.4) is 0 Å². The van der Waals surface area contributed by atoms with Gasteiger partial charge in [0.2, 0.25) is 0 Å². The number of amides is 1. The number of aromatic nitrogens is 1. The van der Waals surface area contributed by atoms with Gasteiger partial charge in [0.15, 0.2) is 0 Å². The Hall–Kier alpha value is -1.53. The average Bonchev–Trinajstić information content (AvgIpc) is 2.94. The molecule has 0 saturated carbocycles. The molecule has 2 atom stereocenters. The van der Waals surface area contributed by atoms with Gasteiger partial charge in [-0.15, -0.1) is 0 Å². The molecule has 2 unspecified atom stereocenters. The van der Waals surface area contributed by atoms with Crippen molar-refractivity contribution in [2.24, 2.45) is 5.92 Å². The third-order valence-corrected chi connectivity index (χ3v) is 6.02. The molecule has 0 spiro atoms. The number of benzene rings is 1. The molecule has 0 radical (unpaired) electrons. The summed E-state index contributed by atoms with van der Waals surface area (Å²) in [5.41, 5.74) is 1.85. The van der Waals surface area contributed by atoms with E-state index in [1.807, 2.05) is 48.2 Å². The lowest BCUT2D eigenvalue weighted by Crippen LogP contribution is -2.34. The molecule has 2 heterocycles. The zero-order valence-electron chi connectivity index (χ0n) is 12.4. The van der Waals surface area contributed by atoms with Crippen LogP contribution in [0.5, 0.6) is 0 Å². The molecule has 1 amide bonds. The summed E-state index contributed by atoms with van der Waals surface area (Å²) in [6, 6.07) is 11.7. The maximum Gasteiger partial charge on any atom is 0.265 e. The van der Waals surface area contributed by atoms with Crippen LogP contribution in [0.4, 0.5) is 0 Å². The fourth-order valence-corrected chi connectivity index (χ4v) is 4.65. The van der Waals surface area contributed by atoms with Crippen molar-refractivity contribution in [3.8, 4) is 11.3 Å². The highest BCUT2D eigenvalue weighted by Gasteiger charge is 2.25. The van der Waals surface area contributed by atoms with Crippen molar-refractivity contribution in [1.82, 2.24) is 9.27 Å². The predicted molar refractivity (Wildman–Crippen MR) is 90.5 cm³/mol. The van der Waals surface area contributed by atoms with Crippen LogP contribution in [0.1, 0.15) is 16.6 Å². The van der Waals surface area contributed by atoms with Crippen molar-refractivity contribution >= 4 is 28.2 Å². The summed E-state index contributed by atoms with van der Waals surface area (Å²) in [4.78, 5) is 15.1. The molecule has 1 saturated heterocycles. The molecule has 1 aliphatic heterocycles. The third-order valence-electron chi connectivity index (χ3n) is 3.67. The third kappa shape index (κ3) is 3.44. The van der Waals surface area contributed by atoms with Crippen LogP contribution in [0.25, 0.3) is 11.3 Å². The zero-order valence-corrected chi connectivity index (χ0v) is 14.0. The normalized spacial score (nSPS) is 22.3. The molecule has 116 valence electrons. The second-order valence-electron chi connectivity index (χ2n) is 5.61. The molecule has 1 aromatic carbocycles. The quantitative estimate of drug-likeness (QED) is 0.848. The highest BCUT2D eigenvalue weighted by Crippen LogP contribution is 2.23. The van der Waals surface area contributed by atoms with Gasteiger partial charge >= 0.3 is 0 Å². The number of hydrogen-bond donors (Lipinski definition) is 0. The highest BCUT2D eigenvalue weighted by molar-refractivity contribution is 7.85. The second kappa shape index (κ2) is 6.71. The minimum Gasteiger partial charge on any atom is -0.337 e. The Bertz CT molecular complexity index is 684. The molecule has 1 aromatic heterocycles. The fourth-order valence-electron chi connectivity index (χ4n) is 2.59. The molecule has 0 bridgehead atoms. The molecule has 22 heavy (non-hydrogen) atoms. The van der Waals surface area contributed by atoms with Gasteiger partial charge in [0.25, 0.3) is 5.91 Å². The van der Waals surface area contributed by atoms with E-state index in [2.05, 4.69) is 4.37 Å². The van der Waals surface area contributed by atoms with E-state index >= 15 is 0 Å². The lowest BCUT2D eigenvalue weighted by molar-refractivity contribution is 0.0756. The van der Waals surface area contributed by atoms with Crippen LogP contribution in [-0.4, -0.2) is 44.0 Å². The lowest BCUT2D eigenvalue weighted by Gasteiger charge is -2.21. The maximum atomic E-state index is 12.6. The summed E-state index contributed by atoms with van der Waals surface area (Å²) in [5.74, 6) is 1.53. The van der Waals surface area contributed by atoms with E-state index in [-0.39, 0.29) is 11.8 Å². The summed E-state index contributed by atoms with van der Waals surface area (Å²) < 4.78 is 16.1. The van der Waals surface area contributed by atoms with E-state index < -0.39 is 10.8 Å². The Kier molecular flexibility index (Phi) is 4.69. The average molecular weight is 334 g/mol. The first-order valence-electron chi connectivity index (χ1n) is 7.30. The van der Waals surface area contributed by atoms with Gasteiger partial charge in [0.05, 0.1) is 5.69 Å². The van der Waals surface area contributed by atoms with Gasteiger partial charge in [0, 0.05) is 41.0 Å². The van der Waals surface area contributed by atoms with Gasteiger partial charge in [-0.2, -0.15) is 4.37 Å². The van der Waals surface area contributed by atoms with Gasteiger partial charge in [-0.05, 0) is 23.5 Å². The molecule has 6 heteroatoms. The Morgan fingerprint density at radius 3 is 2.91 bits per heavy atom. The molecule has 2 aromatic rings. The summed E-state index contributed by atoms with van der Waals surface area (Å²) in [6.45, 7) is 3.28. The van der Waals surface area contributed by atoms with E-state index in [0.717, 1.165) is 11.3 Å². The summed E-state index contributed by atoms with van der Waals surface area (Å²) in [5, 5.41) is 0.